The summed E-state index contributed by atoms with van der Waals surface area (Å²) in [6.07, 6.45) is 0. The first-order chi connectivity index (χ1) is 13.4. The smallest absolute Gasteiger partial charge is 0.341 e. The largest absolute Gasteiger partial charge is 0.452 e. The van der Waals surface area contributed by atoms with Crippen molar-refractivity contribution in [1.29, 1.82) is 0 Å². The van der Waals surface area contributed by atoms with E-state index in [1.807, 2.05) is 0 Å². The SMILES string of the molecule is CCN(CC(=O)NCc1ccc(F)cc1)C(=O)COC(=O)c1ccccc1F. The number of hydrogen-bond acceptors (Lipinski definition) is 4. The van der Waals surface area contributed by atoms with Crippen LogP contribution < -0.4 is 5.32 Å². The minimum Gasteiger partial charge on any atom is -0.452 e. The van der Waals surface area contributed by atoms with Crippen LogP contribution in [-0.4, -0.2) is 42.4 Å². The Morgan fingerprint density at radius 1 is 1.04 bits per heavy atom. The van der Waals surface area contributed by atoms with Crippen LogP contribution in [0.1, 0.15) is 22.8 Å². The highest BCUT2D eigenvalue weighted by atomic mass is 19.1. The molecule has 2 rings (SSSR count). The van der Waals surface area contributed by atoms with Gasteiger partial charge in [-0.05, 0) is 36.8 Å². The van der Waals surface area contributed by atoms with Crippen LogP contribution in [-0.2, 0) is 20.9 Å². The van der Waals surface area contributed by atoms with Crippen molar-refractivity contribution >= 4 is 17.8 Å². The summed E-state index contributed by atoms with van der Waals surface area (Å²) in [5.41, 5.74) is 0.443. The van der Waals surface area contributed by atoms with E-state index in [-0.39, 0.29) is 31.0 Å². The molecule has 0 aliphatic rings. The average molecular weight is 390 g/mol. The van der Waals surface area contributed by atoms with E-state index in [9.17, 15) is 23.2 Å². The van der Waals surface area contributed by atoms with Crippen molar-refractivity contribution in [3.63, 3.8) is 0 Å². The van der Waals surface area contributed by atoms with E-state index in [2.05, 4.69) is 5.32 Å². The van der Waals surface area contributed by atoms with E-state index in [0.717, 1.165) is 6.07 Å². The standard InChI is InChI=1S/C20H20F2N2O4/c1-2-24(12-18(25)23-11-14-7-9-15(21)10-8-14)19(26)13-28-20(27)16-5-3-4-6-17(16)22/h3-10H,2,11-13H2,1H3,(H,23,25). The Hall–Kier alpha value is -3.29. The van der Waals surface area contributed by atoms with Crippen LogP contribution >= 0.6 is 0 Å². The maximum absolute atomic E-state index is 13.5. The number of benzene rings is 2. The first-order valence-electron chi connectivity index (χ1n) is 8.61. The van der Waals surface area contributed by atoms with Crippen molar-refractivity contribution in [2.45, 2.75) is 13.5 Å². The van der Waals surface area contributed by atoms with E-state index >= 15 is 0 Å². The molecule has 1 N–H and O–H groups in total. The fourth-order valence-electron chi connectivity index (χ4n) is 2.33. The summed E-state index contributed by atoms with van der Waals surface area (Å²) in [4.78, 5) is 37.3. The van der Waals surface area contributed by atoms with E-state index < -0.39 is 30.2 Å². The minimum absolute atomic E-state index is 0.188. The van der Waals surface area contributed by atoms with Gasteiger partial charge in [0.1, 0.15) is 11.6 Å². The molecule has 0 saturated heterocycles. The van der Waals surface area contributed by atoms with Gasteiger partial charge in [0.2, 0.25) is 5.91 Å². The molecule has 8 heteroatoms. The average Bonchev–Trinajstić information content (AvgIpc) is 2.69. The molecule has 28 heavy (non-hydrogen) atoms. The first-order valence-corrected chi connectivity index (χ1v) is 8.61. The lowest BCUT2D eigenvalue weighted by Gasteiger charge is -2.20. The molecule has 0 bridgehead atoms. The number of ether oxygens (including phenoxy) is 1. The Labute approximate surface area is 161 Å². The van der Waals surface area contributed by atoms with Crippen molar-refractivity contribution in [3.8, 4) is 0 Å². The maximum Gasteiger partial charge on any atom is 0.341 e. The van der Waals surface area contributed by atoms with Crippen LogP contribution in [0.25, 0.3) is 0 Å². The topological polar surface area (TPSA) is 75.7 Å². The number of esters is 1. The molecule has 2 aromatic rings. The fourth-order valence-corrected chi connectivity index (χ4v) is 2.33. The van der Waals surface area contributed by atoms with Gasteiger partial charge in [-0.1, -0.05) is 24.3 Å². The number of likely N-dealkylation sites (N-methyl/N-ethyl adjacent to an activating group) is 1. The lowest BCUT2D eigenvalue weighted by atomic mass is 10.2. The number of carbonyl (C=O) groups excluding carboxylic acids is 3. The van der Waals surface area contributed by atoms with Crippen LogP contribution in [0.4, 0.5) is 8.78 Å². The van der Waals surface area contributed by atoms with Gasteiger partial charge >= 0.3 is 5.97 Å². The van der Waals surface area contributed by atoms with Gasteiger partial charge in [0.25, 0.3) is 5.91 Å². The molecular formula is C20H20F2N2O4. The molecule has 0 aromatic heterocycles. The Bertz CT molecular complexity index is 840. The molecule has 0 fully saturated rings. The van der Waals surface area contributed by atoms with Crippen LogP contribution in [0, 0.1) is 11.6 Å². The van der Waals surface area contributed by atoms with Gasteiger partial charge < -0.3 is 15.0 Å². The van der Waals surface area contributed by atoms with Crippen molar-refractivity contribution < 1.29 is 27.9 Å². The summed E-state index contributed by atoms with van der Waals surface area (Å²) in [6, 6.07) is 10.9. The Balaban J connectivity index is 1.81. The summed E-state index contributed by atoms with van der Waals surface area (Å²) in [5.74, 6) is -3.07. The predicted octanol–water partition coefficient (Wildman–Crippen LogP) is 2.29. The van der Waals surface area contributed by atoms with Crippen LogP contribution in [0.2, 0.25) is 0 Å². The van der Waals surface area contributed by atoms with Gasteiger partial charge in [0, 0.05) is 13.1 Å². The Morgan fingerprint density at radius 3 is 2.36 bits per heavy atom. The monoisotopic (exact) mass is 390 g/mol. The van der Waals surface area contributed by atoms with E-state index in [1.54, 1.807) is 19.1 Å². The van der Waals surface area contributed by atoms with Gasteiger partial charge in [0.15, 0.2) is 6.61 Å². The molecule has 0 aliphatic heterocycles. The van der Waals surface area contributed by atoms with Crippen molar-refractivity contribution in [2.24, 2.45) is 0 Å². The molecule has 0 heterocycles. The number of nitrogens with zero attached hydrogens (tertiary/aromatic N) is 1. The summed E-state index contributed by atoms with van der Waals surface area (Å²) < 4.78 is 31.2. The summed E-state index contributed by atoms with van der Waals surface area (Å²) in [7, 11) is 0. The zero-order valence-corrected chi connectivity index (χ0v) is 15.3. The Morgan fingerprint density at radius 2 is 1.71 bits per heavy atom. The van der Waals surface area contributed by atoms with Crippen molar-refractivity contribution in [1.82, 2.24) is 10.2 Å². The number of rotatable bonds is 8. The summed E-state index contributed by atoms with van der Waals surface area (Å²) in [5, 5.41) is 2.62. The number of nitrogens with one attached hydrogen (secondary N) is 1. The summed E-state index contributed by atoms with van der Waals surface area (Å²) in [6.45, 7) is 1.25. The predicted molar refractivity (Wildman–Crippen MR) is 97.2 cm³/mol. The highest BCUT2D eigenvalue weighted by Gasteiger charge is 2.19. The number of hydrogen-bond donors (Lipinski definition) is 1. The minimum atomic E-state index is -0.955. The molecule has 2 aromatic carbocycles. The van der Waals surface area contributed by atoms with Crippen molar-refractivity contribution in [2.75, 3.05) is 19.7 Å². The number of amides is 2. The second kappa shape index (κ2) is 10.1. The molecule has 0 spiro atoms. The third-order valence-corrected chi connectivity index (χ3v) is 3.89. The quantitative estimate of drug-likeness (QED) is 0.702. The number of carbonyl (C=O) groups is 3. The van der Waals surface area contributed by atoms with Gasteiger partial charge in [-0.2, -0.15) is 0 Å². The fraction of sp³-hybridized carbons (Fsp3) is 0.250. The third kappa shape index (κ3) is 6.15. The van der Waals surface area contributed by atoms with Crippen LogP contribution in [0.5, 0.6) is 0 Å². The van der Waals surface area contributed by atoms with Gasteiger partial charge in [0.05, 0.1) is 12.1 Å². The first kappa shape index (κ1) is 21.0. The molecule has 0 saturated carbocycles. The molecule has 0 unspecified atom stereocenters. The highest BCUT2D eigenvalue weighted by molar-refractivity contribution is 5.92. The molecule has 148 valence electrons. The molecule has 0 atom stereocenters. The molecule has 2 amide bonds. The highest BCUT2D eigenvalue weighted by Crippen LogP contribution is 2.08. The third-order valence-electron chi connectivity index (χ3n) is 3.89. The van der Waals surface area contributed by atoms with Gasteiger partial charge in [-0.3, -0.25) is 9.59 Å². The van der Waals surface area contributed by atoms with E-state index in [1.165, 1.54) is 35.2 Å². The normalized spacial score (nSPS) is 10.2. The van der Waals surface area contributed by atoms with Crippen LogP contribution in [0.3, 0.4) is 0 Å². The van der Waals surface area contributed by atoms with Crippen molar-refractivity contribution in [3.05, 3.63) is 71.3 Å². The molecule has 0 aliphatic carbocycles. The second-order valence-electron chi connectivity index (χ2n) is 5.87. The van der Waals surface area contributed by atoms with Crippen LogP contribution in [0.15, 0.2) is 48.5 Å². The maximum atomic E-state index is 13.5. The van der Waals surface area contributed by atoms with Gasteiger partial charge in [-0.15, -0.1) is 0 Å². The molecule has 0 radical (unpaired) electrons. The molecule has 6 nitrogen and oxygen atoms in total. The molecular weight excluding hydrogens is 370 g/mol. The van der Waals surface area contributed by atoms with E-state index in [4.69, 9.17) is 4.74 Å². The zero-order valence-electron chi connectivity index (χ0n) is 15.3. The Kier molecular flexibility index (Phi) is 7.62. The lowest BCUT2D eigenvalue weighted by molar-refractivity contribution is -0.138. The second-order valence-corrected chi connectivity index (χ2v) is 5.87. The number of halogens is 2. The zero-order chi connectivity index (χ0) is 20.5. The lowest BCUT2D eigenvalue weighted by Crippen LogP contribution is -2.42. The summed E-state index contributed by atoms with van der Waals surface area (Å²) >= 11 is 0. The van der Waals surface area contributed by atoms with E-state index in [0.29, 0.717) is 5.56 Å². The van der Waals surface area contributed by atoms with Gasteiger partial charge in [-0.25, -0.2) is 13.6 Å².